The maximum atomic E-state index is 13.8. The van der Waals surface area contributed by atoms with Crippen LogP contribution in [0.3, 0.4) is 0 Å². The summed E-state index contributed by atoms with van der Waals surface area (Å²) < 4.78 is 6.12. The van der Waals surface area contributed by atoms with E-state index >= 15 is 0 Å². The number of carbonyl (C=O) groups excluding carboxylic acids is 1. The van der Waals surface area contributed by atoms with Crippen LogP contribution in [0.15, 0.2) is 114 Å². The molecule has 0 amide bonds. The molecule has 1 aliphatic heterocycles. The molecule has 0 radical (unpaired) electrons. The van der Waals surface area contributed by atoms with Crippen LogP contribution in [0.5, 0.6) is 5.75 Å². The molecule has 0 aromatic heterocycles. The molecule has 2 atom stereocenters. The largest absolute Gasteiger partial charge is 0.489 e. The van der Waals surface area contributed by atoms with E-state index < -0.39 is 0 Å². The van der Waals surface area contributed by atoms with Gasteiger partial charge in [0.05, 0.1) is 17.4 Å². The molecule has 1 aliphatic carbocycles. The predicted molar refractivity (Wildman–Crippen MR) is 149 cm³/mol. The Kier molecular flexibility index (Phi) is 6.42. The van der Waals surface area contributed by atoms with Gasteiger partial charge in [0.15, 0.2) is 5.78 Å². The highest BCUT2D eigenvalue weighted by atomic mass is 35.5. The van der Waals surface area contributed by atoms with Crippen molar-refractivity contribution in [3.8, 4) is 5.75 Å². The molecule has 1 heterocycles. The zero-order valence-electron chi connectivity index (χ0n) is 20.3. The van der Waals surface area contributed by atoms with E-state index in [1.54, 1.807) is 0 Å². The van der Waals surface area contributed by atoms with Gasteiger partial charge in [0.25, 0.3) is 0 Å². The third kappa shape index (κ3) is 4.98. The highest BCUT2D eigenvalue weighted by Gasteiger charge is 2.36. The third-order valence-electron chi connectivity index (χ3n) is 7.09. The van der Waals surface area contributed by atoms with Crippen molar-refractivity contribution in [1.82, 2.24) is 0 Å². The molecule has 0 fully saturated rings. The van der Waals surface area contributed by atoms with E-state index in [1.807, 2.05) is 97.1 Å². The lowest BCUT2D eigenvalue weighted by molar-refractivity contribution is -0.116. The number of halogens is 1. The summed E-state index contributed by atoms with van der Waals surface area (Å²) in [6, 6.07) is 33.8. The average Bonchev–Trinajstić information content (AvgIpc) is 3.10. The van der Waals surface area contributed by atoms with Gasteiger partial charge in [-0.2, -0.15) is 0 Å². The number of ketones is 1. The van der Waals surface area contributed by atoms with Crippen molar-refractivity contribution in [3.63, 3.8) is 0 Å². The fourth-order valence-corrected chi connectivity index (χ4v) is 5.36. The van der Waals surface area contributed by atoms with Crippen LogP contribution in [0.4, 0.5) is 11.4 Å². The lowest BCUT2D eigenvalue weighted by Gasteiger charge is -2.30. The van der Waals surface area contributed by atoms with E-state index in [0.29, 0.717) is 18.1 Å². The molecule has 0 saturated heterocycles. The Morgan fingerprint density at radius 3 is 2.35 bits per heavy atom. The number of nitrogens with one attached hydrogen (secondary N) is 2. The van der Waals surface area contributed by atoms with Crippen LogP contribution in [0.1, 0.15) is 41.5 Å². The number of hydrogen-bond donors (Lipinski definition) is 2. The van der Waals surface area contributed by atoms with E-state index in [0.717, 1.165) is 51.5 Å². The molecule has 2 aliphatic rings. The van der Waals surface area contributed by atoms with Crippen LogP contribution < -0.4 is 15.4 Å². The van der Waals surface area contributed by atoms with Crippen molar-refractivity contribution >= 4 is 28.8 Å². The van der Waals surface area contributed by atoms with E-state index in [4.69, 9.17) is 16.3 Å². The van der Waals surface area contributed by atoms with Crippen molar-refractivity contribution in [2.24, 2.45) is 0 Å². The van der Waals surface area contributed by atoms with Gasteiger partial charge in [0.2, 0.25) is 0 Å². The number of anilines is 2. The van der Waals surface area contributed by atoms with Gasteiger partial charge in [-0.15, -0.1) is 0 Å². The number of allylic oxidation sites excluding steroid dienone is 1. The number of ether oxygens (including phenoxy) is 1. The van der Waals surface area contributed by atoms with E-state index in [1.165, 1.54) is 0 Å². The molecular formula is C32H27ClN2O2. The Balaban J connectivity index is 1.35. The Morgan fingerprint density at radius 1 is 0.784 bits per heavy atom. The average molecular weight is 507 g/mol. The number of para-hydroxylation sites is 2. The first-order chi connectivity index (χ1) is 18.1. The van der Waals surface area contributed by atoms with Crippen molar-refractivity contribution in [1.29, 1.82) is 0 Å². The normalized spacial score (nSPS) is 18.7. The molecule has 37 heavy (non-hydrogen) atoms. The first-order valence-electron chi connectivity index (χ1n) is 12.5. The smallest absolute Gasteiger partial charge is 0.163 e. The zero-order valence-corrected chi connectivity index (χ0v) is 21.0. The van der Waals surface area contributed by atoms with Gasteiger partial charge in [-0.1, -0.05) is 78.3 Å². The molecule has 184 valence electrons. The van der Waals surface area contributed by atoms with Crippen LogP contribution in [0.25, 0.3) is 0 Å². The van der Waals surface area contributed by atoms with Crippen LogP contribution in [0.2, 0.25) is 5.02 Å². The number of hydrogen-bond acceptors (Lipinski definition) is 4. The Bertz CT molecular complexity index is 1460. The molecular weight excluding hydrogens is 480 g/mol. The summed E-state index contributed by atoms with van der Waals surface area (Å²) in [6.45, 7) is 0.489. The predicted octanol–water partition coefficient (Wildman–Crippen LogP) is 7.90. The Labute approximate surface area is 221 Å². The minimum absolute atomic E-state index is 0.0995. The fourth-order valence-electron chi connectivity index (χ4n) is 5.24. The van der Waals surface area contributed by atoms with Gasteiger partial charge >= 0.3 is 0 Å². The highest BCUT2D eigenvalue weighted by Crippen LogP contribution is 2.44. The van der Waals surface area contributed by atoms with Crippen molar-refractivity contribution < 1.29 is 9.53 Å². The third-order valence-corrected chi connectivity index (χ3v) is 7.34. The molecule has 0 unspecified atom stereocenters. The summed E-state index contributed by atoms with van der Waals surface area (Å²) in [7, 11) is 0. The molecule has 6 rings (SSSR count). The topological polar surface area (TPSA) is 50.4 Å². The molecule has 0 spiro atoms. The van der Waals surface area contributed by atoms with Gasteiger partial charge in [0, 0.05) is 22.7 Å². The van der Waals surface area contributed by atoms with Gasteiger partial charge in [-0.25, -0.2) is 0 Å². The maximum Gasteiger partial charge on any atom is 0.163 e. The SMILES string of the molecule is O=C1C[C@H](c2ccc(Cl)cc2)CC2=C1[C@@H](c1cccc(OCc3ccccc3)c1)Nc1ccccc1N2. The Morgan fingerprint density at radius 2 is 1.54 bits per heavy atom. The van der Waals surface area contributed by atoms with Crippen molar-refractivity contribution in [2.45, 2.75) is 31.4 Å². The monoisotopic (exact) mass is 506 g/mol. The van der Waals surface area contributed by atoms with Gasteiger partial charge < -0.3 is 15.4 Å². The Hall–Kier alpha value is -4.02. The molecule has 4 aromatic rings. The summed E-state index contributed by atoms with van der Waals surface area (Å²) >= 11 is 6.12. The quantitative estimate of drug-likeness (QED) is 0.289. The van der Waals surface area contributed by atoms with Crippen LogP contribution in [-0.4, -0.2) is 5.78 Å². The second-order valence-corrected chi connectivity index (χ2v) is 10.0. The number of carbonyl (C=O) groups is 1. The van der Waals surface area contributed by atoms with E-state index in [9.17, 15) is 4.79 Å². The summed E-state index contributed by atoms with van der Waals surface area (Å²) in [5.74, 6) is 1.02. The lowest BCUT2D eigenvalue weighted by Crippen LogP contribution is -2.26. The molecule has 0 bridgehead atoms. The van der Waals surface area contributed by atoms with Gasteiger partial charge in [0.1, 0.15) is 12.4 Å². The summed E-state index contributed by atoms with van der Waals surface area (Å²) in [5, 5.41) is 7.96. The molecule has 5 heteroatoms. The van der Waals surface area contributed by atoms with Gasteiger partial charge in [-0.05, 0) is 65.4 Å². The van der Waals surface area contributed by atoms with Crippen LogP contribution in [-0.2, 0) is 11.4 Å². The standard InChI is InChI=1S/C32H27ClN2O2/c33-25-15-13-22(14-16-25)24-18-29-31(30(36)19-24)32(35-28-12-5-4-11-27(28)34-29)23-9-6-10-26(17-23)37-20-21-7-2-1-3-8-21/h1-17,24,32,34-35H,18-20H2/t24-,32-/m1/s1. The highest BCUT2D eigenvalue weighted by molar-refractivity contribution is 6.30. The number of benzene rings is 4. The molecule has 4 aromatic carbocycles. The summed E-state index contributed by atoms with van der Waals surface area (Å²) in [4.78, 5) is 13.8. The van der Waals surface area contributed by atoms with E-state index in [-0.39, 0.29) is 17.7 Å². The first-order valence-corrected chi connectivity index (χ1v) is 12.9. The van der Waals surface area contributed by atoms with Crippen molar-refractivity contribution in [2.75, 3.05) is 10.6 Å². The summed E-state index contributed by atoms with van der Waals surface area (Å²) in [5.41, 5.74) is 6.93. The number of Topliss-reactive ketones (excluding diaryl/α,β-unsaturated/α-hetero) is 1. The minimum atomic E-state index is -0.287. The number of rotatable bonds is 5. The molecule has 4 nitrogen and oxygen atoms in total. The zero-order chi connectivity index (χ0) is 25.2. The minimum Gasteiger partial charge on any atom is -0.489 e. The fraction of sp³-hybridized carbons (Fsp3) is 0.156. The first kappa shape index (κ1) is 23.4. The van der Waals surface area contributed by atoms with Gasteiger partial charge in [-0.3, -0.25) is 4.79 Å². The lowest BCUT2D eigenvalue weighted by atomic mass is 9.78. The maximum absolute atomic E-state index is 13.8. The van der Waals surface area contributed by atoms with Crippen LogP contribution >= 0.6 is 11.6 Å². The van der Waals surface area contributed by atoms with Crippen molar-refractivity contribution in [3.05, 3.63) is 136 Å². The second kappa shape index (κ2) is 10.2. The van der Waals surface area contributed by atoms with Crippen LogP contribution in [0, 0.1) is 0 Å². The number of fused-ring (bicyclic) bond motifs is 1. The molecule has 2 N–H and O–H groups in total. The second-order valence-electron chi connectivity index (χ2n) is 9.57. The summed E-state index contributed by atoms with van der Waals surface area (Å²) in [6.07, 6.45) is 1.21. The van der Waals surface area contributed by atoms with E-state index in [2.05, 4.69) is 16.7 Å². The molecule has 0 saturated carbocycles.